The summed E-state index contributed by atoms with van der Waals surface area (Å²) in [4.78, 5) is 0. The van der Waals surface area contributed by atoms with Gasteiger partial charge in [-0.3, -0.25) is 0 Å². The van der Waals surface area contributed by atoms with E-state index in [0.717, 1.165) is 19.3 Å². The van der Waals surface area contributed by atoms with Crippen molar-refractivity contribution in [1.29, 1.82) is 0 Å². The van der Waals surface area contributed by atoms with Gasteiger partial charge in [-0.2, -0.15) is 0 Å². The van der Waals surface area contributed by atoms with Crippen LogP contribution in [0.15, 0.2) is 16.6 Å². The number of hydrogen-bond donors (Lipinski definition) is 0. The first-order chi connectivity index (χ1) is 7.59. The molecule has 0 aliphatic heterocycles. The molecule has 0 heterocycles. The Kier molecular flexibility index (Phi) is 3.85. The minimum Gasteiger partial charge on any atom is -0.207 e. The zero-order valence-electron chi connectivity index (χ0n) is 8.65. The van der Waals surface area contributed by atoms with Gasteiger partial charge in [0.2, 0.25) is 0 Å². The van der Waals surface area contributed by atoms with Crippen molar-refractivity contribution in [1.82, 2.24) is 0 Å². The molecule has 0 radical (unpaired) electrons. The van der Waals surface area contributed by atoms with Crippen molar-refractivity contribution in [3.63, 3.8) is 0 Å². The van der Waals surface area contributed by atoms with E-state index in [1.807, 2.05) is 0 Å². The lowest BCUT2D eigenvalue weighted by atomic mass is 9.83. The number of benzene rings is 1. The van der Waals surface area contributed by atoms with E-state index < -0.39 is 11.6 Å². The van der Waals surface area contributed by atoms with Crippen molar-refractivity contribution in [2.75, 3.05) is 0 Å². The number of halogens is 4. The van der Waals surface area contributed by atoms with Crippen molar-refractivity contribution in [3.05, 3.63) is 33.8 Å². The summed E-state index contributed by atoms with van der Waals surface area (Å²) in [6, 6.07) is 2.70. The van der Waals surface area contributed by atoms with E-state index in [9.17, 15) is 8.78 Å². The minimum absolute atomic E-state index is 0.0385. The Balaban J connectivity index is 2.35. The van der Waals surface area contributed by atoms with E-state index in [1.54, 1.807) is 0 Å². The van der Waals surface area contributed by atoms with Gasteiger partial charge in [0, 0.05) is 10.9 Å². The summed E-state index contributed by atoms with van der Waals surface area (Å²) in [5, 5.41) is 0.0385. The normalized spacial score (nSPS) is 25.8. The molecule has 0 N–H and O–H groups in total. The van der Waals surface area contributed by atoms with Gasteiger partial charge in [-0.05, 0) is 53.2 Å². The lowest BCUT2D eigenvalue weighted by molar-refractivity contribution is 0.416. The Bertz CT molecular complexity index is 395. The maximum atomic E-state index is 13.8. The smallest absolute Gasteiger partial charge is 0.143 e. The molecule has 0 aromatic heterocycles. The molecule has 1 aromatic carbocycles. The van der Waals surface area contributed by atoms with Gasteiger partial charge in [0.1, 0.15) is 11.6 Å². The second kappa shape index (κ2) is 5.01. The lowest BCUT2D eigenvalue weighted by Gasteiger charge is -2.26. The zero-order valence-corrected chi connectivity index (χ0v) is 11.0. The molecular weight excluding hydrogens is 297 g/mol. The topological polar surface area (TPSA) is 0 Å². The van der Waals surface area contributed by atoms with E-state index in [4.69, 9.17) is 11.6 Å². The summed E-state index contributed by atoms with van der Waals surface area (Å²) >= 11 is 9.14. The standard InChI is InChI=1S/C12H12BrClF2/c13-9-4-5-10(15)11(12(9)16)7-2-1-3-8(14)6-7/h4-5,7-8H,1-3,6H2. The van der Waals surface area contributed by atoms with Gasteiger partial charge in [-0.15, -0.1) is 11.6 Å². The van der Waals surface area contributed by atoms with Crippen LogP contribution in [-0.2, 0) is 0 Å². The second-order valence-electron chi connectivity index (χ2n) is 4.22. The Morgan fingerprint density at radius 1 is 1.25 bits per heavy atom. The van der Waals surface area contributed by atoms with E-state index in [2.05, 4.69) is 15.9 Å². The van der Waals surface area contributed by atoms with Crippen LogP contribution in [0.5, 0.6) is 0 Å². The van der Waals surface area contributed by atoms with Crippen molar-refractivity contribution >= 4 is 27.5 Å². The van der Waals surface area contributed by atoms with E-state index in [1.165, 1.54) is 12.1 Å². The summed E-state index contributed by atoms with van der Waals surface area (Å²) in [7, 11) is 0. The third-order valence-electron chi connectivity index (χ3n) is 3.10. The molecule has 16 heavy (non-hydrogen) atoms. The molecule has 0 spiro atoms. The molecule has 2 rings (SSSR count). The van der Waals surface area contributed by atoms with Gasteiger partial charge in [-0.25, -0.2) is 8.78 Å². The first kappa shape index (κ1) is 12.3. The molecule has 0 nitrogen and oxygen atoms in total. The largest absolute Gasteiger partial charge is 0.207 e. The fourth-order valence-electron chi connectivity index (χ4n) is 2.31. The minimum atomic E-state index is -0.476. The molecule has 1 aliphatic rings. The molecule has 1 fully saturated rings. The van der Waals surface area contributed by atoms with Crippen molar-refractivity contribution < 1.29 is 8.78 Å². The molecule has 1 saturated carbocycles. The highest BCUT2D eigenvalue weighted by Crippen LogP contribution is 2.38. The monoisotopic (exact) mass is 308 g/mol. The van der Waals surface area contributed by atoms with Crippen molar-refractivity contribution in [3.8, 4) is 0 Å². The van der Waals surface area contributed by atoms with Gasteiger partial charge in [0.25, 0.3) is 0 Å². The highest BCUT2D eigenvalue weighted by Gasteiger charge is 2.27. The highest BCUT2D eigenvalue weighted by molar-refractivity contribution is 9.10. The molecule has 88 valence electrons. The van der Waals surface area contributed by atoms with Gasteiger partial charge in [-0.1, -0.05) is 6.42 Å². The Labute approximate surface area is 107 Å². The predicted molar refractivity (Wildman–Crippen MR) is 64.9 cm³/mol. The second-order valence-corrected chi connectivity index (χ2v) is 5.69. The van der Waals surface area contributed by atoms with E-state index >= 15 is 0 Å². The quantitative estimate of drug-likeness (QED) is 0.506. The molecule has 0 amide bonds. The summed E-state index contributed by atoms with van der Waals surface area (Å²) in [6.45, 7) is 0. The van der Waals surface area contributed by atoms with Crippen LogP contribution in [0.25, 0.3) is 0 Å². The van der Waals surface area contributed by atoms with Crippen LogP contribution >= 0.6 is 27.5 Å². The average molecular weight is 310 g/mol. The maximum absolute atomic E-state index is 13.8. The van der Waals surface area contributed by atoms with E-state index in [0.29, 0.717) is 10.9 Å². The molecule has 1 aliphatic carbocycles. The number of rotatable bonds is 1. The Morgan fingerprint density at radius 3 is 2.69 bits per heavy atom. The predicted octanol–water partition coefficient (Wildman–Crippen LogP) is 4.99. The van der Waals surface area contributed by atoms with Crippen LogP contribution in [0, 0.1) is 11.6 Å². The van der Waals surface area contributed by atoms with Crippen LogP contribution in [-0.4, -0.2) is 5.38 Å². The van der Waals surface area contributed by atoms with Crippen LogP contribution in [0.4, 0.5) is 8.78 Å². The molecule has 2 atom stereocenters. The number of hydrogen-bond acceptors (Lipinski definition) is 0. The average Bonchev–Trinajstić information content (AvgIpc) is 2.24. The maximum Gasteiger partial charge on any atom is 0.143 e. The van der Waals surface area contributed by atoms with E-state index in [-0.39, 0.29) is 16.9 Å². The molecular formula is C12H12BrClF2. The summed E-state index contributed by atoms with van der Waals surface area (Å²) in [6.07, 6.45) is 3.35. The Hall–Kier alpha value is -0.150. The van der Waals surface area contributed by atoms with Gasteiger partial charge in [0.15, 0.2) is 0 Å². The molecule has 0 saturated heterocycles. The molecule has 2 unspecified atom stereocenters. The van der Waals surface area contributed by atoms with Crippen LogP contribution in [0.2, 0.25) is 0 Å². The first-order valence-corrected chi connectivity index (χ1v) is 6.60. The first-order valence-electron chi connectivity index (χ1n) is 5.37. The van der Waals surface area contributed by atoms with Crippen molar-refractivity contribution in [2.24, 2.45) is 0 Å². The van der Waals surface area contributed by atoms with Crippen LogP contribution < -0.4 is 0 Å². The fourth-order valence-corrected chi connectivity index (χ4v) is 3.02. The SMILES string of the molecule is Fc1ccc(Br)c(F)c1C1CCCC(Cl)C1. The molecule has 1 aromatic rings. The number of alkyl halides is 1. The lowest BCUT2D eigenvalue weighted by Crippen LogP contribution is -2.16. The molecule has 0 bridgehead atoms. The highest BCUT2D eigenvalue weighted by atomic mass is 79.9. The third-order valence-corrected chi connectivity index (χ3v) is 4.11. The zero-order chi connectivity index (χ0) is 11.7. The van der Waals surface area contributed by atoms with Gasteiger partial charge >= 0.3 is 0 Å². The van der Waals surface area contributed by atoms with Crippen LogP contribution in [0.1, 0.15) is 37.2 Å². The summed E-state index contributed by atoms with van der Waals surface area (Å²) in [5.41, 5.74) is 0.194. The van der Waals surface area contributed by atoms with Gasteiger partial charge < -0.3 is 0 Å². The van der Waals surface area contributed by atoms with Crippen LogP contribution in [0.3, 0.4) is 0 Å². The summed E-state index contributed by atoms with van der Waals surface area (Å²) in [5.74, 6) is -1.03. The third kappa shape index (κ3) is 2.40. The van der Waals surface area contributed by atoms with Gasteiger partial charge in [0.05, 0.1) is 4.47 Å². The Morgan fingerprint density at radius 2 is 2.00 bits per heavy atom. The van der Waals surface area contributed by atoms with Crippen molar-refractivity contribution in [2.45, 2.75) is 37.0 Å². The fraction of sp³-hybridized carbons (Fsp3) is 0.500. The molecule has 4 heteroatoms. The summed E-state index contributed by atoms with van der Waals surface area (Å²) < 4.78 is 27.8.